The SMILES string of the molecule is O=S(=O)(c1ccc2c(c1)CCO2)N1C[C@@H]2OCCN(Cc3cccnc3)[C@H]2C1. The van der Waals surface area contributed by atoms with Gasteiger partial charge in [-0.25, -0.2) is 8.42 Å². The smallest absolute Gasteiger partial charge is 0.243 e. The molecule has 4 heterocycles. The molecule has 0 unspecified atom stereocenters. The van der Waals surface area contributed by atoms with Crippen LogP contribution < -0.4 is 4.74 Å². The van der Waals surface area contributed by atoms with Crippen molar-refractivity contribution in [1.29, 1.82) is 0 Å². The quantitative estimate of drug-likeness (QED) is 0.769. The standard InChI is InChI=1S/C20H23N3O4S/c24-28(25,17-3-4-19-16(10-17)5-8-26-19)23-13-18-20(14-23)27-9-7-22(18)12-15-2-1-6-21-11-15/h1-4,6,10-11,18,20H,5,7-9,12-14H2/t18-,20-/m0/s1. The summed E-state index contributed by atoms with van der Waals surface area (Å²) in [7, 11) is -3.56. The fourth-order valence-electron chi connectivity index (χ4n) is 4.32. The second-order valence-electron chi connectivity index (χ2n) is 7.50. The highest BCUT2D eigenvalue weighted by Gasteiger charge is 2.44. The van der Waals surface area contributed by atoms with E-state index in [0.717, 1.165) is 36.4 Å². The Morgan fingerprint density at radius 3 is 2.96 bits per heavy atom. The zero-order valence-corrected chi connectivity index (χ0v) is 16.3. The summed E-state index contributed by atoms with van der Waals surface area (Å²) in [6.45, 7) is 3.61. The first-order valence-electron chi connectivity index (χ1n) is 9.62. The molecular formula is C20H23N3O4S. The molecule has 0 aliphatic carbocycles. The highest BCUT2D eigenvalue weighted by molar-refractivity contribution is 7.89. The van der Waals surface area contributed by atoms with E-state index in [1.54, 1.807) is 28.7 Å². The Kier molecular flexibility index (Phi) is 4.59. The summed E-state index contributed by atoms with van der Waals surface area (Å²) in [6, 6.07) is 9.21. The van der Waals surface area contributed by atoms with E-state index in [2.05, 4.69) is 9.88 Å². The lowest BCUT2D eigenvalue weighted by atomic mass is 10.1. The van der Waals surface area contributed by atoms with E-state index in [0.29, 0.717) is 31.2 Å². The van der Waals surface area contributed by atoms with E-state index in [1.165, 1.54) is 0 Å². The van der Waals surface area contributed by atoms with Gasteiger partial charge in [-0.1, -0.05) is 6.07 Å². The van der Waals surface area contributed by atoms with Crippen LogP contribution >= 0.6 is 0 Å². The van der Waals surface area contributed by atoms with Gasteiger partial charge in [0, 0.05) is 45.0 Å². The molecule has 0 spiro atoms. The molecule has 3 aliphatic heterocycles. The van der Waals surface area contributed by atoms with Crippen LogP contribution in [0.25, 0.3) is 0 Å². The summed E-state index contributed by atoms with van der Waals surface area (Å²) >= 11 is 0. The van der Waals surface area contributed by atoms with Gasteiger partial charge in [0.25, 0.3) is 0 Å². The van der Waals surface area contributed by atoms with Gasteiger partial charge in [-0.3, -0.25) is 9.88 Å². The maximum absolute atomic E-state index is 13.2. The molecule has 1 aromatic carbocycles. The van der Waals surface area contributed by atoms with Crippen LogP contribution in [-0.4, -0.2) is 67.6 Å². The Bertz CT molecular complexity index is 967. The molecule has 7 nitrogen and oxygen atoms in total. The Balaban J connectivity index is 1.36. The van der Waals surface area contributed by atoms with Crippen LogP contribution in [0, 0.1) is 0 Å². The van der Waals surface area contributed by atoms with E-state index in [9.17, 15) is 8.42 Å². The molecule has 0 bridgehead atoms. The van der Waals surface area contributed by atoms with Crippen molar-refractivity contribution in [3.8, 4) is 5.75 Å². The van der Waals surface area contributed by atoms with Crippen LogP contribution in [-0.2, 0) is 27.7 Å². The predicted molar refractivity (Wildman–Crippen MR) is 103 cm³/mol. The highest BCUT2D eigenvalue weighted by Crippen LogP contribution is 2.32. The third kappa shape index (κ3) is 3.20. The Morgan fingerprint density at radius 1 is 1.18 bits per heavy atom. The van der Waals surface area contributed by atoms with Crippen molar-refractivity contribution in [3.63, 3.8) is 0 Å². The zero-order valence-electron chi connectivity index (χ0n) is 15.5. The average molecular weight is 401 g/mol. The number of aromatic nitrogens is 1. The topological polar surface area (TPSA) is 72.0 Å². The molecule has 2 saturated heterocycles. The molecule has 28 heavy (non-hydrogen) atoms. The number of hydrogen-bond donors (Lipinski definition) is 0. The first kappa shape index (κ1) is 18.1. The highest BCUT2D eigenvalue weighted by atomic mass is 32.2. The van der Waals surface area contributed by atoms with Crippen molar-refractivity contribution in [2.75, 3.05) is 32.8 Å². The van der Waals surface area contributed by atoms with Crippen LogP contribution in [0.1, 0.15) is 11.1 Å². The zero-order chi connectivity index (χ0) is 19.1. The fraction of sp³-hybridized carbons (Fsp3) is 0.450. The normalized spacial score (nSPS) is 25.3. The van der Waals surface area contributed by atoms with E-state index in [4.69, 9.17) is 9.47 Å². The lowest BCUT2D eigenvalue weighted by molar-refractivity contribution is -0.0502. The lowest BCUT2D eigenvalue weighted by Crippen LogP contribution is -2.50. The molecule has 0 saturated carbocycles. The molecular weight excluding hydrogens is 378 g/mol. The molecule has 0 N–H and O–H groups in total. The number of sulfonamides is 1. The summed E-state index contributed by atoms with van der Waals surface area (Å²) in [6.07, 6.45) is 4.28. The van der Waals surface area contributed by atoms with E-state index in [1.807, 2.05) is 18.3 Å². The van der Waals surface area contributed by atoms with Crippen molar-refractivity contribution >= 4 is 10.0 Å². The summed E-state index contributed by atoms with van der Waals surface area (Å²) < 4.78 is 39.5. The van der Waals surface area contributed by atoms with Gasteiger partial charge in [-0.05, 0) is 35.4 Å². The minimum Gasteiger partial charge on any atom is -0.493 e. The molecule has 0 radical (unpaired) electrons. The number of morpholine rings is 1. The first-order valence-corrected chi connectivity index (χ1v) is 11.1. The van der Waals surface area contributed by atoms with Crippen LogP contribution in [0.3, 0.4) is 0 Å². The van der Waals surface area contributed by atoms with Gasteiger partial charge in [0.05, 0.1) is 30.3 Å². The third-order valence-corrected chi connectivity index (χ3v) is 7.62. The molecule has 1 aromatic heterocycles. The number of ether oxygens (including phenoxy) is 2. The van der Waals surface area contributed by atoms with Crippen molar-refractivity contribution < 1.29 is 17.9 Å². The predicted octanol–water partition coefficient (Wildman–Crippen LogP) is 1.29. The van der Waals surface area contributed by atoms with Gasteiger partial charge in [0.2, 0.25) is 10.0 Å². The minimum atomic E-state index is -3.56. The van der Waals surface area contributed by atoms with Crippen LogP contribution in [0.2, 0.25) is 0 Å². The molecule has 2 atom stereocenters. The Labute approximate surface area is 164 Å². The monoisotopic (exact) mass is 401 g/mol. The first-order chi connectivity index (χ1) is 13.6. The fourth-order valence-corrected chi connectivity index (χ4v) is 5.84. The molecule has 2 fully saturated rings. The maximum atomic E-state index is 13.2. The summed E-state index contributed by atoms with van der Waals surface area (Å²) in [4.78, 5) is 6.84. The van der Waals surface area contributed by atoms with Gasteiger partial charge in [-0.2, -0.15) is 4.31 Å². The number of nitrogens with zero attached hydrogens (tertiary/aromatic N) is 3. The Morgan fingerprint density at radius 2 is 2.11 bits per heavy atom. The van der Waals surface area contributed by atoms with Crippen LogP contribution in [0.4, 0.5) is 0 Å². The van der Waals surface area contributed by atoms with Gasteiger partial charge in [0.15, 0.2) is 0 Å². The van der Waals surface area contributed by atoms with Crippen molar-refractivity contribution in [2.24, 2.45) is 0 Å². The molecule has 5 rings (SSSR count). The number of benzene rings is 1. The van der Waals surface area contributed by atoms with Gasteiger partial charge < -0.3 is 9.47 Å². The lowest BCUT2D eigenvalue weighted by Gasteiger charge is -2.36. The maximum Gasteiger partial charge on any atom is 0.243 e. The van der Waals surface area contributed by atoms with Crippen LogP contribution in [0.5, 0.6) is 5.75 Å². The largest absolute Gasteiger partial charge is 0.493 e. The van der Waals surface area contributed by atoms with E-state index in [-0.39, 0.29) is 12.1 Å². The van der Waals surface area contributed by atoms with Crippen LogP contribution in [0.15, 0.2) is 47.6 Å². The number of fused-ring (bicyclic) bond motifs is 2. The molecule has 8 heteroatoms. The van der Waals surface area contributed by atoms with Gasteiger partial charge in [0.1, 0.15) is 5.75 Å². The van der Waals surface area contributed by atoms with Crippen molar-refractivity contribution in [2.45, 2.75) is 30.0 Å². The summed E-state index contributed by atoms with van der Waals surface area (Å²) in [5, 5.41) is 0. The summed E-state index contributed by atoms with van der Waals surface area (Å²) in [5.41, 5.74) is 2.09. The number of rotatable bonds is 4. The Hall–Kier alpha value is -2.00. The van der Waals surface area contributed by atoms with E-state index >= 15 is 0 Å². The van der Waals surface area contributed by atoms with Gasteiger partial charge in [-0.15, -0.1) is 0 Å². The average Bonchev–Trinajstić information content (AvgIpc) is 3.36. The van der Waals surface area contributed by atoms with E-state index < -0.39 is 10.0 Å². The molecule has 2 aromatic rings. The molecule has 3 aliphatic rings. The summed E-state index contributed by atoms with van der Waals surface area (Å²) in [5.74, 6) is 0.792. The number of pyridine rings is 1. The van der Waals surface area contributed by atoms with Crippen molar-refractivity contribution in [1.82, 2.24) is 14.2 Å². The molecule has 0 amide bonds. The third-order valence-electron chi connectivity index (χ3n) is 5.79. The van der Waals surface area contributed by atoms with Crippen molar-refractivity contribution in [3.05, 3.63) is 53.9 Å². The second-order valence-corrected chi connectivity index (χ2v) is 9.44. The van der Waals surface area contributed by atoms with Gasteiger partial charge >= 0.3 is 0 Å². The second kappa shape index (κ2) is 7.11. The number of hydrogen-bond acceptors (Lipinski definition) is 6. The molecule has 148 valence electrons. The minimum absolute atomic E-state index is 0.0569.